The summed E-state index contributed by atoms with van der Waals surface area (Å²) >= 11 is 0. The quantitative estimate of drug-likeness (QED) is 0.861. The molecule has 1 aromatic carbocycles. The summed E-state index contributed by atoms with van der Waals surface area (Å²) in [6.45, 7) is 3.98. The van der Waals surface area contributed by atoms with Crippen LogP contribution in [-0.4, -0.2) is 46.4 Å². The molecule has 1 fully saturated rings. The predicted molar refractivity (Wildman–Crippen MR) is 84.9 cm³/mol. The van der Waals surface area contributed by atoms with Gasteiger partial charge in [0, 0.05) is 12.1 Å². The normalized spacial score (nSPS) is 18.7. The summed E-state index contributed by atoms with van der Waals surface area (Å²) in [7, 11) is 0. The van der Waals surface area contributed by atoms with Gasteiger partial charge in [-0.25, -0.2) is 4.79 Å². The molecule has 1 aliphatic rings. The molecule has 23 heavy (non-hydrogen) atoms. The molecule has 0 bridgehead atoms. The molecule has 2 rings (SSSR count). The summed E-state index contributed by atoms with van der Waals surface area (Å²) in [4.78, 5) is 37.8. The van der Waals surface area contributed by atoms with Crippen LogP contribution in [0.15, 0.2) is 30.3 Å². The van der Waals surface area contributed by atoms with Crippen molar-refractivity contribution in [3.8, 4) is 0 Å². The monoisotopic (exact) mass is 318 g/mol. The molecule has 2 amide bonds. The topological polar surface area (TPSA) is 86.7 Å². The minimum atomic E-state index is -1.06. The molecule has 1 aliphatic heterocycles. The number of aliphatic carboxylic acids is 1. The third-order valence-corrected chi connectivity index (χ3v) is 4.07. The summed E-state index contributed by atoms with van der Waals surface area (Å²) in [5.41, 5.74) is 0.533. The van der Waals surface area contributed by atoms with Crippen LogP contribution in [0.25, 0.3) is 0 Å². The summed E-state index contributed by atoms with van der Waals surface area (Å²) in [6, 6.07) is 7.24. The lowest BCUT2D eigenvalue weighted by Gasteiger charge is -2.26. The highest BCUT2D eigenvalue weighted by Gasteiger charge is 2.36. The molecular weight excluding hydrogens is 296 g/mol. The Hall–Kier alpha value is -2.37. The number of hydrogen-bond donors (Lipinski definition) is 2. The predicted octanol–water partition coefficient (Wildman–Crippen LogP) is 1.52. The zero-order valence-corrected chi connectivity index (χ0v) is 13.4. The van der Waals surface area contributed by atoms with E-state index in [-0.39, 0.29) is 11.8 Å². The number of amides is 2. The van der Waals surface area contributed by atoms with Gasteiger partial charge >= 0.3 is 5.97 Å². The Labute approximate surface area is 135 Å². The number of likely N-dealkylation sites (tertiary alicyclic amines) is 1. The van der Waals surface area contributed by atoms with Crippen LogP contribution in [0.4, 0.5) is 0 Å². The minimum Gasteiger partial charge on any atom is -0.480 e. The molecule has 0 aliphatic carbocycles. The highest BCUT2D eigenvalue weighted by Crippen LogP contribution is 2.21. The van der Waals surface area contributed by atoms with Gasteiger partial charge in [-0.15, -0.1) is 0 Å². The van der Waals surface area contributed by atoms with E-state index >= 15 is 0 Å². The lowest BCUT2D eigenvalue weighted by atomic mass is 10.0. The Bertz CT molecular complexity index is 586. The fraction of sp³-hybridized carbons (Fsp3) is 0.471. The van der Waals surface area contributed by atoms with Crippen LogP contribution in [-0.2, 0) is 9.59 Å². The second-order valence-electron chi connectivity index (χ2n) is 6.09. The van der Waals surface area contributed by atoms with Gasteiger partial charge in [-0.2, -0.15) is 0 Å². The van der Waals surface area contributed by atoms with E-state index in [0.717, 1.165) is 6.42 Å². The second-order valence-corrected chi connectivity index (χ2v) is 6.09. The van der Waals surface area contributed by atoms with E-state index in [1.54, 1.807) is 38.1 Å². The third kappa shape index (κ3) is 3.88. The number of carboxylic acids is 1. The molecule has 1 aromatic rings. The number of benzene rings is 1. The Morgan fingerprint density at radius 1 is 1.22 bits per heavy atom. The molecule has 0 saturated carbocycles. The molecule has 6 heteroatoms. The number of rotatable bonds is 5. The number of hydrogen-bond acceptors (Lipinski definition) is 3. The fourth-order valence-electron chi connectivity index (χ4n) is 2.79. The standard InChI is InChI=1S/C17H22N2O4/c1-11(2)14(17(22)23)18-15(20)13-9-6-10-19(13)16(21)12-7-4-3-5-8-12/h3-5,7-8,11,13-14H,6,9-10H2,1-2H3,(H,18,20)(H,22,23)/t13-,14-/m0/s1. The third-order valence-electron chi connectivity index (χ3n) is 4.07. The molecule has 0 radical (unpaired) electrons. The van der Waals surface area contributed by atoms with Gasteiger partial charge in [0.25, 0.3) is 5.91 Å². The highest BCUT2D eigenvalue weighted by atomic mass is 16.4. The summed E-state index contributed by atoms with van der Waals surface area (Å²) in [5.74, 6) is -1.88. The molecule has 2 atom stereocenters. The first-order valence-electron chi connectivity index (χ1n) is 7.81. The van der Waals surface area contributed by atoms with Crippen molar-refractivity contribution in [3.63, 3.8) is 0 Å². The molecule has 1 heterocycles. The Morgan fingerprint density at radius 3 is 2.43 bits per heavy atom. The van der Waals surface area contributed by atoms with Crippen molar-refractivity contribution in [1.82, 2.24) is 10.2 Å². The summed E-state index contributed by atoms with van der Waals surface area (Å²) in [5, 5.41) is 11.8. The molecular formula is C17H22N2O4. The Balaban J connectivity index is 2.10. The maximum absolute atomic E-state index is 12.5. The largest absolute Gasteiger partial charge is 0.480 e. The molecule has 2 N–H and O–H groups in total. The van der Waals surface area contributed by atoms with E-state index in [1.807, 2.05) is 6.07 Å². The van der Waals surface area contributed by atoms with E-state index < -0.39 is 24.0 Å². The highest BCUT2D eigenvalue weighted by molar-refractivity contribution is 5.98. The Kier molecular flexibility index (Phi) is 5.36. The van der Waals surface area contributed by atoms with Gasteiger partial charge in [0.1, 0.15) is 12.1 Å². The van der Waals surface area contributed by atoms with E-state index in [4.69, 9.17) is 0 Å². The zero-order chi connectivity index (χ0) is 17.0. The summed E-state index contributed by atoms with van der Waals surface area (Å²) in [6.07, 6.45) is 1.28. The van der Waals surface area contributed by atoms with Crippen molar-refractivity contribution in [3.05, 3.63) is 35.9 Å². The molecule has 0 spiro atoms. The molecule has 0 unspecified atom stereocenters. The van der Waals surface area contributed by atoms with E-state index in [0.29, 0.717) is 18.5 Å². The average molecular weight is 318 g/mol. The smallest absolute Gasteiger partial charge is 0.326 e. The number of carbonyl (C=O) groups excluding carboxylic acids is 2. The van der Waals surface area contributed by atoms with Crippen LogP contribution >= 0.6 is 0 Å². The number of carbonyl (C=O) groups is 3. The van der Waals surface area contributed by atoms with E-state index in [2.05, 4.69) is 5.32 Å². The van der Waals surface area contributed by atoms with Crippen molar-refractivity contribution in [2.45, 2.75) is 38.8 Å². The maximum Gasteiger partial charge on any atom is 0.326 e. The van der Waals surface area contributed by atoms with Crippen molar-refractivity contribution < 1.29 is 19.5 Å². The first-order chi connectivity index (χ1) is 10.9. The van der Waals surface area contributed by atoms with E-state index in [9.17, 15) is 19.5 Å². The number of carboxylic acid groups (broad SMARTS) is 1. The lowest BCUT2D eigenvalue weighted by molar-refractivity contribution is -0.143. The zero-order valence-electron chi connectivity index (χ0n) is 13.4. The lowest BCUT2D eigenvalue weighted by Crippen LogP contribution is -2.52. The van der Waals surface area contributed by atoms with Crippen LogP contribution in [0.3, 0.4) is 0 Å². The van der Waals surface area contributed by atoms with Crippen LogP contribution in [0.1, 0.15) is 37.0 Å². The van der Waals surface area contributed by atoms with Gasteiger partial charge in [0.2, 0.25) is 5.91 Å². The van der Waals surface area contributed by atoms with Gasteiger partial charge in [0.05, 0.1) is 0 Å². The SMILES string of the molecule is CC(C)[C@H](NC(=O)[C@@H]1CCCN1C(=O)c1ccccc1)C(=O)O. The van der Waals surface area contributed by atoms with Crippen molar-refractivity contribution in [1.29, 1.82) is 0 Å². The van der Waals surface area contributed by atoms with Crippen molar-refractivity contribution in [2.24, 2.45) is 5.92 Å². The Morgan fingerprint density at radius 2 is 1.87 bits per heavy atom. The second kappa shape index (κ2) is 7.26. The van der Waals surface area contributed by atoms with Gasteiger partial charge in [-0.05, 0) is 30.9 Å². The van der Waals surface area contributed by atoms with Gasteiger partial charge < -0.3 is 15.3 Å². The molecule has 0 aromatic heterocycles. The summed E-state index contributed by atoms with van der Waals surface area (Å²) < 4.78 is 0. The van der Waals surface area contributed by atoms with Crippen LogP contribution in [0.2, 0.25) is 0 Å². The minimum absolute atomic E-state index is 0.195. The molecule has 1 saturated heterocycles. The molecule has 6 nitrogen and oxygen atoms in total. The van der Waals surface area contributed by atoms with Crippen LogP contribution < -0.4 is 5.32 Å². The van der Waals surface area contributed by atoms with Crippen molar-refractivity contribution >= 4 is 17.8 Å². The molecule has 124 valence electrons. The van der Waals surface area contributed by atoms with Crippen LogP contribution in [0.5, 0.6) is 0 Å². The first-order valence-corrected chi connectivity index (χ1v) is 7.81. The fourth-order valence-corrected chi connectivity index (χ4v) is 2.79. The van der Waals surface area contributed by atoms with Gasteiger partial charge in [-0.3, -0.25) is 9.59 Å². The van der Waals surface area contributed by atoms with Gasteiger partial charge in [0.15, 0.2) is 0 Å². The van der Waals surface area contributed by atoms with Gasteiger partial charge in [-0.1, -0.05) is 32.0 Å². The van der Waals surface area contributed by atoms with Crippen LogP contribution in [0, 0.1) is 5.92 Å². The number of nitrogens with zero attached hydrogens (tertiary/aromatic N) is 1. The average Bonchev–Trinajstić information content (AvgIpc) is 3.01. The number of nitrogens with one attached hydrogen (secondary N) is 1. The first kappa shape index (κ1) is 17.0. The maximum atomic E-state index is 12.5. The van der Waals surface area contributed by atoms with E-state index in [1.165, 1.54) is 4.90 Å². The van der Waals surface area contributed by atoms with Crippen molar-refractivity contribution in [2.75, 3.05) is 6.54 Å².